The summed E-state index contributed by atoms with van der Waals surface area (Å²) in [7, 11) is 1.86. The van der Waals surface area contributed by atoms with E-state index in [0.717, 1.165) is 43.1 Å². The molecule has 146 valence electrons. The van der Waals surface area contributed by atoms with Crippen LogP contribution in [0.25, 0.3) is 0 Å². The van der Waals surface area contributed by atoms with Gasteiger partial charge < -0.3 is 9.47 Å². The second kappa shape index (κ2) is 6.65. The molecule has 3 saturated carbocycles. The summed E-state index contributed by atoms with van der Waals surface area (Å²) >= 11 is 0. The number of hydrogen-bond acceptors (Lipinski definition) is 3. The molecule has 26 heavy (non-hydrogen) atoms. The van der Waals surface area contributed by atoms with Gasteiger partial charge in [-0.1, -0.05) is 25.5 Å². The second-order valence-corrected chi connectivity index (χ2v) is 10.0. The molecule has 0 bridgehead atoms. The Kier molecular flexibility index (Phi) is 4.74. The zero-order chi connectivity index (χ0) is 18.5. The van der Waals surface area contributed by atoms with Gasteiger partial charge in [0.15, 0.2) is 0 Å². The van der Waals surface area contributed by atoms with Crippen molar-refractivity contribution in [2.24, 2.45) is 34.5 Å². The second-order valence-electron chi connectivity index (χ2n) is 10.0. The summed E-state index contributed by atoms with van der Waals surface area (Å²) < 4.78 is 11.1. The van der Waals surface area contributed by atoms with Crippen molar-refractivity contribution >= 4 is 5.97 Å². The van der Waals surface area contributed by atoms with Crippen molar-refractivity contribution in [1.29, 1.82) is 0 Å². The third-order valence-electron chi connectivity index (χ3n) is 8.96. The molecule has 0 N–H and O–H groups in total. The molecule has 0 heterocycles. The van der Waals surface area contributed by atoms with Crippen LogP contribution >= 0.6 is 0 Å². The highest BCUT2D eigenvalue weighted by molar-refractivity contribution is 5.66. The highest BCUT2D eigenvalue weighted by Crippen LogP contribution is 2.66. The number of rotatable bonds is 3. The molecule has 4 aliphatic carbocycles. The van der Waals surface area contributed by atoms with Crippen molar-refractivity contribution in [3.05, 3.63) is 11.6 Å². The SMILES string of the molecule is COC[C@@H]1CC[C@H]2[C@@H]3CC=C4C[C@@H](OC(C)=O)CC[C@]4(C)[C@H]3CC[C@]12C. The van der Waals surface area contributed by atoms with Gasteiger partial charge >= 0.3 is 5.97 Å². The van der Waals surface area contributed by atoms with E-state index in [1.807, 2.05) is 7.11 Å². The molecule has 3 nitrogen and oxygen atoms in total. The minimum absolute atomic E-state index is 0.106. The topological polar surface area (TPSA) is 35.5 Å². The van der Waals surface area contributed by atoms with Crippen molar-refractivity contribution in [2.75, 3.05) is 13.7 Å². The van der Waals surface area contributed by atoms with Crippen LogP contribution in [0.5, 0.6) is 0 Å². The molecule has 7 atom stereocenters. The number of methoxy groups -OCH3 is 1. The predicted molar refractivity (Wildman–Crippen MR) is 103 cm³/mol. The third-order valence-corrected chi connectivity index (χ3v) is 8.96. The van der Waals surface area contributed by atoms with Crippen LogP contribution in [0, 0.1) is 34.5 Å². The molecule has 3 fully saturated rings. The molecule has 0 spiro atoms. The Balaban J connectivity index is 1.56. The van der Waals surface area contributed by atoms with Crippen molar-refractivity contribution in [3.63, 3.8) is 0 Å². The molecule has 0 aromatic carbocycles. The number of carbonyl (C=O) groups excluding carboxylic acids is 1. The molecule has 3 heteroatoms. The van der Waals surface area contributed by atoms with E-state index in [-0.39, 0.29) is 12.1 Å². The Morgan fingerprint density at radius 3 is 2.69 bits per heavy atom. The fourth-order valence-corrected chi connectivity index (χ4v) is 7.55. The Morgan fingerprint density at radius 1 is 1.15 bits per heavy atom. The summed E-state index contributed by atoms with van der Waals surface area (Å²) in [4.78, 5) is 11.4. The van der Waals surface area contributed by atoms with Crippen LogP contribution < -0.4 is 0 Å². The average Bonchev–Trinajstić information content (AvgIpc) is 2.92. The van der Waals surface area contributed by atoms with E-state index in [2.05, 4.69) is 19.9 Å². The van der Waals surface area contributed by atoms with Gasteiger partial charge in [0, 0.05) is 27.1 Å². The highest BCUT2D eigenvalue weighted by atomic mass is 16.5. The van der Waals surface area contributed by atoms with Gasteiger partial charge in [-0.15, -0.1) is 0 Å². The number of ether oxygens (including phenoxy) is 2. The van der Waals surface area contributed by atoms with E-state index < -0.39 is 0 Å². The van der Waals surface area contributed by atoms with Gasteiger partial charge in [-0.05, 0) is 79.4 Å². The average molecular weight is 361 g/mol. The molecule has 0 unspecified atom stereocenters. The van der Waals surface area contributed by atoms with Crippen molar-refractivity contribution in [1.82, 2.24) is 0 Å². The van der Waals surface area contributed by atoms with Crippen LogP contribution in [0.4, 0.5) is 0 Å². The first-order valence-electron chi connectivity index (χ1n) is 10.7. The lowest BCUT2D eigenvalue weighted by Gasteiger charge is -2.58. The molecule has 0 aromatic rings. The van der Waals surface area contributed by atoms with Gasteiger partial charge in [0.1, 0.15) is 6.10 Å². The molecule has 0 amide bonds. The van der Waals surface area contributed by atoms with Crippen LogP contribution in [0.3, 0.4) is 0 Å². The van der Waals surface area contributed by atoms with E-state index in [4.69, 9.17) is 9.47 Å². The Hall–Kier alpha value is -0.830. The van der Waals surface area contributed by atoms with Gasteiger partial charge in [-0.2, -0.15) is 0 Å². The summed E-state index contributed by atoms with van der Waals surface area (Å²) in [6, 6.07) is 0. The largest absolute Gasteiger partial charge is 0.462 e. The minimum atomic E-state index is -0.128. The lowest BCUT2D eigenvalue weighted by molar-refractivity contribution is -0.148. The first-order chi connectivity index (χ1) is 12.4. The van der Waals surface area contributed by atoms with Crippen molar-refractivity contribution < 1.29 is 14.3 Å². The van der Waals surface area contributed by atoms with Crippen LogP contribution in [-0.4, -0.2) is 25.8 Å². The lowest BCUT2D eigenvalue weighted by Crippen LogP contribution is -2.50. The van der Waals surface area contributed by atoms with Crippen LogP contribution in [0.1, 0.15) is 72.1 Å². The Bertz CT molecular complexity index is 596. The predicted octanol–water partition coefficient (Wildman–Crippen LogP) is 5.14. The zero-order valence-corrected chi connectivity index (χ0v) is 17.1. The van der Waals surface area contributed by atoms with Gasteiger partial charge in [-0.25, -0.2) is 0 Å². The molecule has 4 rings (SSSR count). The molecule has 0 aliphatic heterocycles. The molecule has 4 aliphatic rings. The smallest absolute Gasteiger partial charge is 0.302 e. The van der Waals surface area contributed by atoms with Gasteiger partial charge in [0.05, 0.1) is 0 Å². The van der Waals surface area contributed by atoms with Gasteiger partial charge in [-0.3, -0.25) is 4.79 Å². The summed E-state index contributed by atoms with van der Waals surface area (Å²) in [6.45, 7) is 7.55. The first-order valence-corrected chi connectivity index (χ1v) is 10.7. The quantitative estimate of drug-likeness (QED) is 0.516. The number of fused-ring (bicyclic) bond motifs is 5. The first kappa shape index (κ1) is 18.5. The van der Waals surface area contributed by atoms with Crippen molar-refractivity contribution in [3.8, 4) is 0 Å². The maximum Gasteiger partial charge on any atom is 0.302 e. The summed E-state index contributed by atoms with van der Waals surface area (Å²) in [5.41, 5.74) is 2.40. The maximum absolute atomic E-state index is 11.4. The zero-order valence-electron chi connectivity index (χ0n) is 17.1. The summed E-state index contributed by atoms with van der Waals surface area (Å²) in [5.74, 6) is 3.14. The molecule has 0 saturated heterocycles. The van der Waals surface area contributed by atoms with Crippen LogP contribution in [0.2, 0.25) is 0 Å². The highest BCUT2D eigenvalue weighted by Gasteiger charge is 2.58. The fraction of sp³-hybridized carbons (Fsp3) is 0.870. The standard InChI is InChI=1S/C23H36O3/c1-15(24)26-18-9-11-22(2)16(13-18)5-7-19-20-8-6-17(14-25-4)23(20,3)12-10-21(19)22/h5,17-21H,6-14H2,1-4H3/t17-,18-,19-,20-,21-,22-,23+/m0/s1. The Morgan fingerprint density at radius 2 is 1.96 bits per heavy atom. The molecule has 0 radical (unpaired) electrons. The number of allylic oxidation sites excluding steroid dienone is 1. The number of carbonyl (C=O) groups is 1. The fourth-order valence-electron chi connectivity index (χ4n) is 7.55. The maximum atomic E-state index is 11.4. The number of hydrogen-bond donors (Lipinski definition) is 0. The lowest BCUT2D eigenvalue weighted by atomic mass is 9.47. The van der Waals surface area contributed by atoms with Gasteiger partial charge in [0.2, 0.25) is 0 Å². The summed E-state index contributed by atoms with van der Waals surface area (Å²) in [5, 5.41) is 0. The van der Waals surface area contributed by atoms with E-state index in [1.54, 1.807) is 5.57 Å². The summed E-state index contributed by atoms with van der Waals surface area (Å²) in [6.07, 6.45) is 12.5. The molecule has 0 aromatic heterocycles. The monoisotopic (exact) mass is 360 g/mol. The minimum Gasteiger partial charge on any atom is -0.462 e. The van der Waals surface area contributed by atoms with Crippen LogP contribution in [-0.2, 0) is 14.3 Å². The molecular weight excluding hydrogens is 324 g/mol. The van der Waals surface area contributed by atoms with E-state index in [9.17, 15) is 4.79 Å². The third kappa shape index (κ3) is 2.77. The van der Waals surface area contributed by atoms with Crippen LogP contribution in [0.15, 0.2) is 11.6 Å². The van der Waals surface area contributed by atoms with E-state index in [0.29, 0.717) is 10.8 Å². The van der Waals surface area contributed by atoms with E-state index >= 15 is 0 Å². The Labute approximate surface area is 158 Å². The number of esters is 1. The van der Waals surface area contributed by atoms with Gasteiger partial charge in [0.25, 0.3) is 0 Å². The van der Waals surface area contributed by atoms with Crippen molar-refractivity contribution in [2.45, 2.75) is 78.2 Å². The molecular formula is C23H36O3. The van der Waals surface area contributed by atoms with E-state index in [1.165, 1.54) is 45.4 Å². The normalized spacial score (nSPS) is 47.4.